The van der Waals surface area contributed by atoms with Crippen LogP contribution in [-0.4, -0.2) is 38.1 Å². The molecule has 1 heterocycles. The second-order valence-corrected chi connectivity index (χ2v) is 5.67. The number of carboxylic acid groups (broad SMARTS) is 1. The Balaban J connectivity index is 2.13. The summed E-state index contributed by atoms with van der Waals surface area (Å²) >= 11 is 0. The molecule has 0 saturated heterocycles. The summed E-state index contributed by atoms with van der Waals surface area (Å²) in [7, 11) is 4.00. The molecule has 1 fully saturated rings. The molecule has 0 atom stereocenters. The zero-order valence-electron chi connectivity index (χ0n) is 11.8. The van der Waals surface area contributed by atoms with Crippen molar-refractivity contribution in [2.45, 2.75) is 50.6 Å². The van der Waals surface area contributed by atoms with Crippen LogP contribution >= 0.6 is 0 Å². The van der Waals surface area contributed by atoms with E-state index in [0.29, 0.717) is 6.54 Å². The van der Waals surface area contributed by atoms with E-state index in [9.17, 15) is 9.90 Å². The van der Waals surface area contributed by atoms with Crippen LogP contribution in [0.4, 0.5) is 0 Å². The lowest BCUT2D eigenvalue weighted by Gasteiger charge is -2.43. The molecule has 19 heavy (non-hydrogen) atoms. The fourth-order valence-corrected chi connectivity index (χ4v) is 3.11. The lowest BCUT2D eigenvalue weighted by Crippen LogP contribution is -2.49. The molecule has 1 aromatic rings. The van der Waals surface area contributed by atoms with Gasteiger partial charge in [-0.3, -0.25) is 9.69 Å². The highest BCUT2D eigenvalue weighted by Crippen LogP contribution is 2.36. The fourth-order valence-electron chi connectivity index (χ4n) is 3.11. The first-order valence-electron chi connectivity index (χ1n) is 6.93. The van der Waals surface area contributed by atoms with Gasteiger partial charge in [-0.2, -0.15) is 0 Å². The number of hydrogen-bond donors (Lipinski definition) is 1. The van der Waals surface area contributed by atoms with Crippen LogP contribution in [0.1, 0.15) is 44.3 Å². The minimum absolute atomic E-state index is 0.198. The summed E-state index contributed by atoms with van der Waals surface area (Å²) in [6.07, 6.45) is 9.35. The van der Waals surface area contributed by atoms with Gasteiger partial charge in [-0.25, -0.2) is 4.98 Å². The van der Waals surface area contributed by atoms with E-state index in [0.717, 1.165) is 31.5 Å². The summed E-state index contributed by atoms with van der Waals surface area (Å²) < 4.78 is 1.99. The summed E-state index contributed by atoms with van der Waals surface area (Å²) in [6.45, 7) is 0.705. The van der Waals surface area contributed by atoms with Crippen LogP contribution < -0.4 is 0 Å². The van der Waals surface area contributed by atoms with Gasteiger partial charge in [0.25, 0.3) is 0 Å². The van der Waals surface area contributed by atoms with Gasteiger partial charge in [-0.15, -0.1) is 0 Å². The van der Waals surface area contributed by atoms with Gasteiger partial charge in [0.2, 0.25) is 0 Å². The molecule has 0 bridgehead atoms. The molecule has 0 aromatic carbocycles. The first kappa shape index (κ1) is 14.1. The maximum Gasteiger partial charge on any atom is 0.305 e. The molecule has 5 nitrogen and oxygen atoms in total. The van der Waals surface area contributed by atoms with Gasteiger partial charge >= 0.3 is 5.97 Å². The smallest absolute Gasteiger partial charge is 0.305 e. The highest BCUT2D eigenvalue weighted by molar-refractivity contribution is 5.68. The van der Waals surface area contributed by atoms with Gasteiger partial charge < -0.3 is 9.67 Å². The minimum atomic E-state index is -0.700. The van der Waals surface area contributed by atoms with E-state index in [1.807, 2.05) is 24.9 Å². The number of aryl methyl sites for hydroxylation is 1. The number of carbonyl (C=O) groups is 1. The van der Waals surface area contributed by atoms with Gasteiger partial charge in [0.15, 0.2) is 0 Å². The van der Waals surface area contributed by atoms with Gasteiger partial charge in [-0.1, -0.05) is 19.3 Å². The predicted molar refractivity (Wildman–Crippen MR) is 72.7 cm³/mol. The van der Waals surface area contributed by atoms with Crippen LogP contribution in [0.2, 0.25) is 0 Å². The quantitative estimate of drug-likeness (QED) is 0.885. The minimum Gasteiger partial charge on any atom is -0.481 e. The number of rotatable bonds is 5. The van der Waals surface area contributed by atoms with Gasteiger partial charge in [-0.05, 0) is 19.9 Å². The Morgan fingerprint density at radius 1 is 1.47 bits per heavy atom. The molecule has 2 rings (SSSR count). The van der Waals surface area contributed by atoms with Gasteiger partial charge in [0, 0.05) is 25.0 Å². The zero-order valence-corrected chi connectivity index (χ0v) is 11.8. The average molecular weight is 265 g/mol. The monoisotopic (exact) mass is 265 g/mol. The molecule has 1 saturated carbocycles. The Morgan fingerprint density at radius 3 is 2.68 bits per heavy atom. The Kier molecular flexibility index (Phi) is 4.24. The van der Waals surface area contributed by atoms with Gasteiger partial charge in [0.05, 0.1) is 13.0 Å². The molecule has 0 unspecified atom stereocenters. The van der Waals surface area contributed by atoms with E-state index in [1.165, 1.54) is 6.42 Å². The van der Waals surface area contributed by atoms with Crippen molar-refractivity contribution >= 4 is 5.97 Å². The van der Waals surface area contributed by atoms with Crippen molar-refractivity contribution in [2.75, 3.05) is 7.05 Å². The highest BCUT2D eigenvalue weighted by Gasteiger charge is 2.38. The molecule has 0 aliphatic heterocycles. The van der Waals surface area contributed by atoms with Crippen molar-refractivity contribution in [3.8, 4) is 0 Å². The first-order chi connectivity index (χ1) is 9.03. The van der Waals surface area contributed by atoms with E-state index in [2.05, 4.69) is 9.88 Å². The van der Waals surface area contributed by atoms with Crippen molar-refractivity contribution in [3.05, 3.63) is 18.2 Å². The maximum absolute atomic E-state index is 11.2. The predicted octanol–water partition coefficient (Wildman–Crippen LogP) is 2.03. The third kappa shape index (κ3) is 3.15. The maximum atomic E-state index is 11.2. The van der Waals surface area contributed by atoms with Crippen molar-refractivity contribution in [3.63, 3.8) is 0 Å². The summed E-state index contributed by atoms with van der Waals surface area (Å²) in [4.78, 5) is 17.7. The molecule has 1 aliphatic carbocycles. The summed E-state index contributed by atoms with van der Waals surface area (Å²) in [5, 5.41) is 9.21. The Hall–Kier alpha value is -1.36. The molecule has 0 spiro atoms. The number of aliphatic carboxylic acids is 1. The molecule has 0 amide bonds. The molecule has 1 aromatic heterocycles. The number of imidazole rings is 1. The fraction of sp³-hybridized carbons (Fsp3) is 0.714. The van der Waals surface area contributed by atoms with Crippen LogP contribution in [0.15, 0.2) is 12.4 Å². The molecule has 5 heteroatoms. The van der Waals surface area contributed by atoms with Crippen LogP contribution in [0.5, 0.6) is 0 Å². The molecule has 1 N–H and O–H groups in total. The molecule has 106 valence electrons. The van der Waals surface area contributed by atoms with Crippen LogP contribution in [0.25, 0.3) is 0 Å². The Labute approximate surface area is 114 Å². The third-order valence-corrected chi connectivity index (χ3v) is 4.37. The van der Waals surface area contributed by atoms with E-state index in [1.54, 1.807) is 6.20 Å². The van der Waals surface area contributed by atoms with Crippen LogP contribution in [-0.2, 0) is 18.4 Å². The topological polar surface area (TPSA) is 58.4 Å². The number of hydrogen-bond acceptors (Lipinski definition) is 3. The third-order valence-electron chi connectivity index (χ3n) is 4.37. The Bertz CT molecular complexity index is 436. The normalized spacial score (nSPS) is 18.7. The standard InChI is InChI=1S/C14H23N3O2/c1-16-9-8-15-12(16)11-17(2)14(10-13(18)19)6-4-3-5-7-14/h8-9H,3-7,10-11H2,1-2H3,(H,18,19). The van der Waals surface area contributed by atoms with E-state index in [-0.39, 0.29) is 12.0 Å². The Morgan fingerprint density at radius 2 is 2.16 bits per heavy atom. The number of carboxylic acids is 1. The van der Waals surface area contributed by atoms with Crippen molar-refractivity contribution < 1.29 is 9.90 Å². The second-order valence-electron chi connectivity index (χ2n) is 5.67. The van der Waals surface area contributed by atoms with E-state index >= 15 is 0 Å². The highest BCUT2D eigenvalue weighted by atomic mass is 16.4. The van der Waals surface area contributed by atoms with Crippen molar-refractivity contribution in [2.24, 2.45) is 7.05 Å². The summed E-state index contributed by atoms with van der Waals surface area (Å²) in [5.41, 5.74) is -0.198. The first-order valence-corrected chi connectivity index (χ1v) is 6.93. The lowest BCUT2D eigenvalue weighted by atomic mass is 9.78. The van der Waals surface area contributed by atoms with E-state index < -0.39 is 5.97 Å². The van der Waals surface area contributed by atoms with Crippen LogP contribution in [0, 0.1) is 0 Å². The summed E-state index contributed by atoms with van der Waals surface area (Å²) in [6, 6.07) is 0. The second kappa shape index (κ2) is 5.74. The molecule has 0 radical (unpaired) electrons. The SMILES string of the molecule is CN(Cc1nccn1C)C1(CC(=O)O)CCCCC1. The number of nitrogens with zero attached hydrogens (tertiary/aromatic N) is 3. The van der Waals surface area contributed by atoms with Crippen molar-refractivity contribution in [1.82, 2.24) is 14.5 Å². The molecular formula is C14H23N3O2. The average Bonchev–Trinajstić information content (AvgIpc) is 2.75. The van der Waals surface area contributed by atoms with E-state index in [4.69, 9.17) is 0 Å². The van der Waals surface area contributed by atoms with Gasteiger partial charge in [0.1, 0.15) is 5.82 Å². The van der Waals surface area contributed by atoms with Crippen LogP contribution in [0.3, 0.4) is 0 Å². The van der Waals surface area contributed by atoms with Crippen molar-refractivity contribution in [1.29, 1.82) is 0 Å². The largest absolute Gasteiger partial charge is 0.481 e. The summed E-state index contributed by atoms with van der Waals surface area (Å²) in [5.74, 6) is 0.284. The number of aromatic nitrogens is 2. The zero-order chi connectivity index (χ0) is 13.9. The molecular weight excluding hydrogens is 242 g/mol. The lowest BCUT2D eigenvalue weighted by molar-refractivity contribution is -0.141. The molecule has 1 aliphatic rings.